The lowest BCUT2D eigenvalue weighted by atomic mass is 9.85. The normalized spacial score (nSPS) is 10.1. The van der Waals surface area contributed by atoms with Crippen molar-refractivity contribution in [1.82, 2.24) is 4.98 Å². The van der Waals surface area contributed by atoms with E-state index in [9.17, 15) is 0 Å². The van der Waals surface area contributed by atoms with Crippen LogP contribution in [0.15, 0.2) is 35.0 Å². The Hall–Kier alpha value is -1.17. The maximum Gasteiger partial charge on any atom is 0.508 e. The van der Waals surface area contributed by atoms with Crippen LogP contribution in [0.1, 0.15) is 0 Å². The molecular weight excluding hydrogens is 197 g/mol. The van der Waals surface area contributed by atoms with Crippen molar-refractivity contribution < 1.29 is 10.0 Å². The summed E-state index contributed by atoms with van der Waals surface area (Å²) in [5.41, 5.74) is 2.03. The van der Waals surface area contributed by atoms with E-state index in [1.165, 1.54) is 0 Å². The lowest BCUT2D eigenvalue weighted by Crippen LogP contribution is -2.32. The van der Waals surface area contributed by atoms with Gasteiger partial charge >= 0.3 is 7.12 Å². The van der Waals surface area contributed by atoms with Crippen molar-refractivity contribution in [2.45, 2.75) is 0 Å². The van der Waals surface area contributed by atoms with Crippen molar-refractivity contribution >= 4 is 24.0 Å². The molecule has 0 amide bonds. The zero-order valence-electron chi connectivity index (χ0n) is 7.29. The topological polar surface area (TPSA) is 53.4 Å². The number of pyridine rings is 1. The lowest BCUT2D eigenvalue weighted by Gasteiger charge is -2.01. The van der Waals surface area contributed by atoms with Crippen LogP contribution < -0.4 is 5.59 Å². The summed E-state index contributed by atoms with van der Waals surface area (Å²) >= 11 is 1.58. The molecule has 3 nitrogen and oxygen atoms in total. The fraction of sp³-hybridized carbons (Fsp3) is 0. The highest BCUT2D eigenvalue weighted by Gasteiger charge is 2.13. The summed E-state index contributed by atoms with van der Waals surface area (Å²) in [5, 5.41) is 21.8. The Morgan fingerprint density at radius 1 is 1.21 bits per heavy atom. The fourth-order valence-corrected chi connectivity index (χ4v) is 1.82. The number of thiophene rings is 1. The Balaban J connectivity index is 2.41. The van der Waals surface area contributed by atoms with Crippen molar-refractivity contribution in [2.75, 3.05) is 0 Å². The molecule has 2 rings (SSSR count). The average molecular weight is 205 g/mol. The highest BCUT2D eigenvalue weighted by atomic mass is 32.1. The maximum absolute atomic E-state index is 8.94. The minimum atomic E-state index is -1.51. The molecule has 0 atom stereocenters. The van der Waals surface area contributed by atoms with Gasteiger partial charge in [-0.15, -0.1) is 0 Å². The van der Waals surface area contributed by atoms with E-state index in [2.05, 4.69) is 4.98 Å². The third kappa shape index (κ3) is 1.84. The van der Waals surface area contributed by atoms with E-state index in [1.54, 1.807) is 23.5 Å². The van der Waals surface area contributed by atoms with Gasteiger partial charge in [-0.25, -0.2) is 0 Å². The molecule has 0 bridgehead atoms. The molecule has 2 N–H and O–H groups in total. The average Bonchev–Trinajstić information content (AvgIpc) is 2.71. The van der Waals surface area contributed by atoms with Crippen LogP contribution in [0.2, 0.25) is 0 Å². The minimum Gasteiger partial charge on any atom is -0.422 e. The van der Waals surface area contributed by atoms with Gasteiger partial charge in [0.05, 0.1) is 11.3 Å². The van der Waals surface area contributed by atoms with E-state index in [1.807, 2.05) is 22.9 Å². The van der Waals surface area contributed by atoms with Crippen LogP contribution in [0.3, 0.4) is 0 Å². The Bertz CT molecular complexity index is 417. The molecule has 0 fully saturated rings. The van der Waals surface area contributed by atoms with Gasteiger partial charge in [-0.1, -0.05) is 6.07 Å². The predicted molar refractivity (Wildman–Crippen MR) is 57.4 cm³/mol. The molecular formula is C9H8BNO2S. The molecule has 2 aromatic heterocycles. The van der Waals surface area contributed by atoms with Gasteiger partial charge in [-0.2, -0.15) is 11.3 Å². The molecule has 0 aliphatic rings. The van der Waals surface area contributed by atoms with Crippen molar-refractivity contribution in [2.24, 2.45) is 0 Å². The summed E-state index contributed by atoms with van der Waals surface area (Å²) in [6, 6.07) is 7.13. The molecule has 0 spiro atoms. The second-order valence-electron chi connectivity index (χ2n) is 2.83. The van der Waals surface area contributed by atoms with Gasteiger partial charge in [0, 0.05) is 10.9 Å². The highest BCUT2D eigenvalue weighted by Crippen LogP contribution is 2.18. The molecule has 0 aliphatic heterocycles. The Labute approximate surface area is 85.8 Å². The van der Waals surface area contributed by atoms with E-state index in [-0.39, 0.29) is 5.59 Å². The zero-order valence-corrected chi connectivity index (χ0v) is 8.11. The Morgan fingerprint density at radius 3 is 2.71 bits per heavy atom. The zero-order chi connectivity index (χ0) is 9.97. The van der Waals surface area contributed by atoms with Crippen molar-refractivity contribution in [3.63, 3.8) is 0 Å². The summed E-state index contributed by atoms with van der Waals surface area (Å²) in [5.74, 6) is 0. The first-order chi connectivity index (χ1) is 6.77. The minimum absolute atomic E-state index is 0.272. The molecule has 0 saturated heterocycles. The van der Waals surface area contributed by atoms with E-state index in [0.717, 1.165) is 11.3 Å². The first kappa shape index (κ1) is 9.39. The quantitative estimate of drug-likeness (QED) is 0.701. The van der Waals surface area contributed by atoms with E-state index >= 15 is 0 Å². The third-order valence-corrected chi connectivity index (χ3v) is 2.54. The molecule has 2 aromatic rings. The molecule has 0 aromatic carbocycles. The molecule has 2 heterocycles. The predicted octanol–water partition coefficient (Wildman–Crippen LogP) is 0.490. The first-order valence-corrected chi connectivity index (χ1v) is 5.07. The van der Waals surface area contributed by atoms with E-state index in [0.29, 0.717) is 0 Å². The van der Waals surface area contributed by atoms with Crippen molar-refractivity contribution in [3.05, 3.63) is 35.0 Å². The summed E-state index contributed by atoms with van der Waals surface area (Å²) in [7, 11) is -1.51. The summed E-state index contributed by atoms with van der Waals surface area (Å²) in [4.78, 5) is 4.12. The van der Waals surface area contributed by atoms with Gasteiger partial charge in [0.15, 0.2) is 0 Å². The van der Waals surface area contributed by atoms with Gasteiger partial charge in [-0.05, 0) is 23.6 Å². The first-order valence-electron chi connectivity index (χ1n) is 4.13. The molecule has 5 heteroatoms. The van der Waals surface area contributed by atoms with Gasteiger partial charge in [0.2, 0.25) is 0 Å². The van der Waals surface area contributed by atoms with Gasteiger partial charge in [0.1, 0.15) is 0 Å². The maximum atomic E-state index is 8.94. The van der Waals surface area contributed by atoms with E-state index in [4.69, 9.17) is 10.0 Å². The van der Waals surface area contributed by atoms with Crippen LogP contribution in [0, 0.1) is 0 Å². The fourth-order valence-electron chi connectivity index (χ4n) is 1.17. The van der Waals surface area contributed by atoms with Crippen LogP contribution in [-0.4, -0.2) is 22.2 Å². The molecule has 0 unspecified atom stereocenters. The molecule has 14 heavy (non-hydrogen) atoms. The SMILES string of the molecule is OB(O)c1cccc(-c2ccsc2)n1. The van der Waals surface area contributed by atoms with E-state index < -0.39 is 7.12 Å². The summed E-state index contributed by atoms with van der Waals surface area (Å²) in [6.45, 7) is 0. The number of hydrogen-bond donors (Lipinski definition) is 2. The standard InChI is InChI=1S/C9H8BNO2S/c12-10(13)9-3-1-2-8(11-9)7-4-5-14-6-7/h1-6,12-13H. The van der Waals surface area contributed by atoms with Crippen molar-refractivity contribution in [1.29, 1.82) is 0 Å². The second-order valence-corrected chi connectivity index (χ2v) is 3.61. The number of aromatic nitrogens is 1. The lowest BCUT2D eigenvalue weighted by molar-refractivity contribution is 0.424. The largest absolute Gasteiger partial charge is 0.508 e. The summed E-state index contributed by atoms with van der Waals surface area (Å²) < 4.78 is 0. The third-order valence-electron chi connectivity index (χ3n) is 1.85. The summed E-state index contributed by atoms with van der Waals surface area (Å²) in [6.07, 6.45) is 0. The molecule has 70 valence electrons. The Morgan fingerprint density at radius 2 is 2.07 bits per heavy atom. The highest BCUT2D eigenvalue weighted by molar-refractivity contribution is 7.08. The monoisotopic (exact) mass is 205 g/mol. The van der Waals surface area contributed by atoms with Crippen molar-refractivity contribution in [3.8, 4) is 11.3 Å². The number of hydrogen-bond acceptors (Lipinski definition) is 4. The van der Waals surface area contributed by atoms with Gasteiger partial charge in [0.25, 0.3) is 0 Å². The van der Waals surface area contributed by atoms with Crippen LogP contribution in [0.5, 0.6) is 0 Å². The smallest absolute Gasteiger partial charge is 0.422 e. The van der Waals surface area contributed by atoms with Gasteiger partial charge < -0.3 is 10.0 Å². The van der Waals surface area contributed by atoms with Crippen LogP contribution in [0.4, 0.5) is 0 Å². The molecule has 0 saturated carbocycles. The van der Waals surface area contributed by atoms with Gasteiger partial charge in [-0.3, -0.25) is 4.98 Å². The van der Waals surface area contributed by atoms with Crippen LogP contribution in [-0.2, 0) is 0 Å². The second kappa shape index (κ2) is 3.92. The molecule has 0 aliphatic carbocycles. The molecule has 0 radical (unpaired) electrons. The number of nitrogens with zero attached hydrogens (tertiary/aromatic N) is 1. The van der Waals surface area contributed by atoms with Crippen LogP contribution in [0.25, 0.3) is 11.3 Å². The Kier molecular flexibility index (Phi) is 2.63. The number of rotatable bonds is 2. The van der Waals surface area contributed by atoms with Crippen LogP contribution >= 0.6 is 11.3 Å².